The minimum Gasteiger partial charge on any atom is -0.436 e. The maximum atomic E-state index is 11.0. The summed E-state index contributed by atoms with van der Waals surface area (Å²) in [7, 11) is 0. The SMILES string of the molecule is Cc1cc(/C=C/C(N)=O)cc(C)c1Oc1nc(Nc2ccc(C#N)cc2)nn2cccc12. The van der Waals surface area contributed by atoms with Gasteiger partial charge in [-0.25, -0.2) is 4.52 Å². The van der Waals surface area contributed by atoms with Crippen LogP contribution in [-0.2, 0) is 4.79 Å². The van der Waals surface area contributed by atoms with E-state index in [1.165, 1.54) is 6.08 Å². The number of hydrogen-bond acceptors (Lipinski definition) is 6. The number of hydrogen-bond donors (Lipinski definition) is 2. The summed E-state index contributed by atoms with van der Waals surface area (Å²) in [6.45, 7) is 3.85. The van der Waals surface area contributed by atoms with Gasteiger partial charge in [0.05, 0.1) is 11.6 Å². The first-order chi connectivity index (χ1) is 15.4. The summed E-state index contributed by atoms with van der Waals surface area (Å²) in [5.41, 5.74) is 9.85. The van der Waals surface area contributed by atoms with Gasteiger partial charge in [-0.3, -0.25) is 4.79 Å². The molecule has 3 N–H and O–H groups in total. The monoisotopic (exact) mass is 424 g/mol. The van der Waals surface area contributed by atoms with Crippen molar-refractivity contribution >= 4 is 29.1 Å². The molecular weight excluding hydrogens is 404 g/mol. The van der Waals surface area contributed by atoms with Crippen molar-refractivity contribution in [1.29, 1.82) is 5.26 Å². The molecule has 4 aromatic rings. The number of amides is 1. The number of benzene rings is 2. The molecule has 0 aliphatic heterocycles. The summed E-state index contributed by atoms with van der Waals surface area (Å²) < 4.78 is 7.92. The molecule has 158 valence electrons. The Morgan fingerprint density at radius 1 is 1.19 bits per heavy atom. The molecule has 0 fully saturated rings. The fourth-order valence-corrected chi connectivity index (χ4v) is 3.31. The summed E-state index contributed by atoms with van der Waals surface area (Å²) in [6, 6.07) is 16.7. The Morgan fingerprint density at radius 2 is 1.91 bits per heavy atom. The number of carbonyl (C=O) groups is 1. The Labute approximate surface area is 184 Å². The lowest BCUT2D eigenvalue weighted by molar-refractivity contribution is -0.113. The Bertz CT molecular complexity index is 1360. The van der Waals surface area contributed by atoms with Gasteiger partial charge >= 0.3 is 0 Å². The molecule has 0 unspecified atom stereocenters. The standard InChI is InChI=1S/C24H20N6O2/c1-15-12-18(7-10-21(26)31)13-16(2)22(15)32-23-20-4-3-11-30(20)29-24(28-23)27-19-8-5-17(14-25)6-9-19/h3-13H,1-2H3,(H2,26,31)(H,27,29)/b10-7+. The van der Waals surface area contributed by atoms with E-state index in [0.29, 0.717) is 28.7 Å². The highest BCUT2D eigenvalue weighted by molar-refractivity contribution is 5.90. The normalized spacial score (nSPS) is 10.9. The molecule has 0 saturated heterocycles. The number of rotatable bonds is 6. The van der Waals surface area contributed by atoms with Crippen molar-refractivity contribution in [2.24, 2.45) is 5.73 Å². The van der Waals surface area contributed by atoms with Gasteiger partial charge in [-0.05, 0) is 85.1 Å². The van der Waals surface area contributed by atoms with Crippen molar-refractivity contribution < 1.29 is 9.53 Å². The minimum atomic E-state index is -0.500. The van der Waals surface area contributed by atoms with E-state index in [1.807, 2.05) is 44.3 Å². The van der Waals surface area contributed by atoms with Gasteiger partial charge in [0.1, 0.15) is 11.3 Å². The lowest BCUT2D eigenvalue weighted by atomic mass is 10.1. The number of nitrogens with zero attached hydrogens (tertiary/aromatic N) is 4. The minimum absolute atomic E-state index is 0.352. The third-order valence-corrected chi connectivity index (χ3v) is 4.75. The van der Waals surface area contributed by atoms with Crippen LogP contribution in [0.2, 0.25) is 0 Å². The molecule has 0 spiro atoms. The quantitative estimate of drug-likeness (QED) is 0.447. The van der Waals surface area contributed by atoms with Gasteiger partial charge in [-0.15, -0.1) is 5.10 Å². The number of primary amides is 1. The number of fused-ring (bicyclic) bond motifs is 1. The lowest BCUT2D eigenvalue weighted by Gasteiger charge is -2.14. The van der Waals surface area contributed by atoms with Gasteiger partial charge in [0.2, 0.25) is 17.7 Å². The summed E-state index contributed by atoms with van der Waals surface area (Å²) >= 11 is 0. The Kier molecular flexibility index (Phi) is 5.55. The van der Waals surface area contributed by atoms with Crippen LogP contribution >= 0.6 is 0 Å². The van der Waals surface area contributed by atoms with Crippen molar-refractivity contribution in [3.63, 3.8) is 0 Å². The molecule has 2 aromatic heterocycles. The van der Waals surface area contributed by atoms with Gasteiger partial charge in [0.25, 0.3) is 0 Å². The second-order valence-electron chi connectivity index (χ2n) is 7.21. The zero-order chi connectivity index (χ0) is 22.7. The van der Waals surface area contributed by atoms with E-state index in [4.69, 9.17) is 15.7 Å². The number of nitriles is 1. The molecule has 8 nitrogen and oxygen atoms in total. The molecule has 2 aromatic carbocycles. The van der Waals surface area contributed by atoms with Gasteiger partial charge in [-0.1, -0.05) is 0 Å². The van der Waals surface area contributed by atoms with Crippen LogP contribution in [0, 0.1) is 25.2 Å². The first-order valence-corrected chi connectivity index (χ1v) is 9.82. The molecule has 4 rings (SSSR count). The number of aryl methyl sites for hydroxylation is 2. The average molecular weight is 424 g/mol. The summed E-state index contributed by atoms with van der Waals surface area (Å²) in [5.74, 6) is 0.921. The second-order valence-corrected chi connectivity index (χ2v) is 7.21. The van der Waals surface area contributed by atoms with Crippen molar-refractivity contribution in [3.8, 4) is 17.7 Å². The maximum Gasteiger partial charge on any atom is 0.248 e. The molecule has 0 bridgehead atoms. The number of nitrogens with one attached hydrogen (secondary N) is 1. The van der Waals surface area contributed by atoms with Crippen LogP contribution in [0.25, 0.3) is 11.6 Å². The zero-order valence-electron chi connectivity index (χ0n) is 17.5. The molecule has 0 aliphatic rings. The van der Waals surface area contributed by atoms with Gasteiger partial charge in [0, 0.05) is 18.0 Å². The summed E-state index contributed by atoms with van der Waals surface area (Å²) in [5, 5.41) is 16.6. The Morgan fingerprint density at radius 3 is 2.56 bits per heavy atom. The van der Waals surface area contributed by atoms with Crippen molar-refractivity contribution in [2.75, 3.05) is 5.32 Å². The molecule has 32 heavy (non-hydrogen) atoms. The van der Waals surface area contributed by atoms with Crippen molar-refractivity contribution in [3.05, 3.63) is 83.1 Å². The first kappa shape index (κ1) is 20.6. The fourth-order valence-electron chi connectivity index (χ4n) is 3.31. The highest BCUT2D eigenvalue weighted by atomic mass is 16.5. The molecule has 0 aliphatic carbocycles. The number of carbonyl (C=O) groups excluding carboxylic acids is 1. The van der Waals surface area contributed by atoms with Crippen LogP contribution in [-0.4, -0.2) is 20.5 Å². The predicted molar refractivity (Wildman–Crippen MR) is 122 cm³/mol. The molecule has 0 saturated carbocycles. The molecule has 8 heteroatoms. The van der Waals surface area contributed by atoms with E-state index >= 15 is 0 Å². The largest absolute Gasteiger partial charge is 0.436 e. The van der Waals surface area contributed by atoms with E-state index < -0.39 is 5.91 Å². The fraction of sp³-hybridized carbons (Fsp3) is 0.0833. The number of ether oxygens (including phenoxy) is 1. The molecule has 2 heterocycles. The van der Waals surface area contributed by atoms with E-state index in [9.17, 15) is 4.79 Å². The third kappa shape index (κ3) is 4.42. The van der Waals surface area contributed by atoms with E-state index in [2.05, 4.69) is 21.5 Å². The smallest absolute Gasteiger partial charge is 0.248 e. The molecule has 0 radical (unpaired) electrons. The lowest BCUT2D eigenvalue weighted by Crippen LogP contribution is -2.05. The topological polar surface area (TPSA) is 118 Å². The van der Waals surface area contributed by atoms with Crippen LogP contribution in [0.5, 0.6) is 11.6 Å². The highest BCUT2D eigenvalue weighted by Gasteiger charge is 2.14. The van der Waals surface area contributed by atoms with Gasteiger partial charge < -0.3 is 15.8 Å². The zero-order valence-corrected chi connectivity index (χ0v) is 17.5. The van der Waals surface area contributed by atoms with Crippen LogP contribution < -0.4 is 15.8 Å². The van der Waals surface area contributed by atoms with Gasteiger partial charge in [0.15, 0.2) is 0 Å². The Hall–Kier alpha value is -4.64. The van der Waals surface area contributed by atoms with Gasteiger partial charge in [-0.2, -0.15) is 10.2 Å². The first-order valence-electron chi connectivity index (χ1n) is 9.82. The third-order valence-electron chi connectivity index (χ3n) is 4.75. The van der Waals surface area contributed by atoms with Crippen LogP contribution in [0.1, 0.15) is 22.3 Å². The highest BCUT2D eigenvalue weighted by Crippen LogP contribution is 2.32. The Balaban J connectivity index is 1.68. The maximum absolute atomic E-state index is 11.0. The molecule has 1 amide bonds. The van der Waals surface area contributed by atoms with E-state index in [1.54, 1.807) is 34.9 Å². The second kappa shape index (κ2) is 8.62. The molecule has 0 atom stereocenters. The number of nitrogens with two attached hydrogens (primary N) is 1. The van der Waals surface area contributed by atoms with Crippen LogP contribution in [0.4, 0.5) is 11.6 Å². The summed E-state index contributed by atoms with van der Waals surface area (Å²) in [4.78, 5) is 15.6. The van der Waals surface area contributed by atoms with Crippen LogP contribution in [0.15, 0.2) is 60.8 Å². The average Bonchev–Trinajstić information content (AvgIpc) is 3.24. The van der Waals surface area contributed by atoms with Crippen LogP contribution in [0.3, 0.4) is 0 Å². The van der Waals surface area contributed by atoms with Crippen molar-refractivity contribution in [1.82, 2.24) is 14.6 Å². The number of aromatic nitrogens is 3. The molecular formula is C24H20N6O2. The number of anilines is 2. The van der Waals surface area contributed by atoms with E-state index in [0.717, 1.165) is 22.4 Å². The summed E-state index contributed by atoms with van der Waals surface area (Å²) in [6.07, 6.45) is 4.80. The van der Waals surface area contributed by atoms with E-state index in [-0.39, 0.29) is 0 Å². The predicted octanol–water partition coefficient (Wildman–Crippen LogP) is 4.25. The van der Waals surface area contributed by atoms with Crippen molar-refractivity contribution in [2.45, 2.75) is 13.8 Å².